The molecule has 50 heavy (non-hydrogen) atoms. The highest BCUT2D eigenvalue weighted by Crippen LogP contribution is 2.37. The van der Waals surface area contributed by atoms with Crippen LogP contribution in [0.5, 0.6) is 11.5 Å². The number of rotatable bonds is 12. The van der Waals surface area contributed by atoms with Gasteiger partial charge in [0.2, 0.25) is 5.91 Å². The van der Waals surface area contributed by atoms with Crippen LogP contribution in [-0.2, 0) is 17.8 Å². The maximum atomic E-state index is 14.5. The Morgan fingerprint density at radius 3 is 2.56 bits per heavy atom. The zero-order valence-corrected chi connectivity index (χ0v) is 29.3. The van der Waals surface area contributed by atoms with E-state index in [4.69, 9.17) is 13.9 Å². The fraction of sp³-hybridized carbons (Fsp3) is 0.270. The lowest BCUT2D eigenvalue weighted by Crippen LogP contribution is -2.56. The minimum Gasteiger partial charge on any atom is -0.493 e. The van der Waals surface area contributed by atoms with Gasteiger partial charge in [0.15, 0.2) is 11.5 Å². The third-order valence-electron chi connectivity index (χ3n) is 8.68. The van der Waals surface area contributed by atoms with Crippen molar-refractivity contribution < 1.29 is 38.8 Å². The predicted octanol–water partition coefficient (Wildman–Crippen LogP) is 3.68. The van der Waals surface area contributed by atoms with Crippen LogP contribution in [0.4, 0.5) is 0 Å². The number of nitrogens with one attached hydrogen (secondary N) is 2. The minimum absolute atomic E-state index is 0.00950. The van der Waals surface area contributed by atoms with E-state index in [1.54, 1.807) is 36.4 Å². The zero-order valence-electron chi connectivity index (χ0n) is 27.1. The molecule has 0 saturated carbocycles. The molecule has 5 aromatic rings. The van der Waals surface area contributed by atoms with E-state index in [0.29, 0.717) is 32.3 Å². The van der Waals surface area contributed by atoms with Gasteiger partial charge in [0, 0.05) is 48.1 Å². The van der Waals surface area contributed by atoms with Crippen molar-refractivity contribution >= 4 is 56.3 Å². The van der Waals surface area contributed by atoms with E-state index in [1.165, 1.54) is 24.2 Å². The summed E-state index contributed by atoms with van der Waals surface area (Å²) in [6.07, 6.45) is -0.774. The summed E-state index contributed by atoms with van der Waals surface area (Å²) in [6, 6.07) is 20.3. The molecular formula is C37H36IN3O9. The third-order valence-corrected chi connectivity index (χ3v) is 9.48. The molecule has 0 aliphatic heterocycles. The Labute approximate surface area is 300 Å². The summed E-state index contributed by atoms with van der Waals surface area (Å²) >= 11 is 2.03. The number of halogens is 1. The topological polar surface area (TPSA) is 175 Å². The summed E-state index contributed by atoms with van der Waals surface area (Å²) in [5.74, 6) is -0.613. The van der Waals surface area contributed by atoms with Crippen LogP contribution >= 0.6 is 22.6 Å². The van der Waals surface area contributed by atoms with Gasteiger partial charge in [-0.1, -0.05) is 36.4 Å². The smallest absolute Gasteiger partial charge is 0.349 e. The number of nitrogens with zero attached hydrogens (tertiary/aromatic N) is 1. The molecule has 0 fully saturated rings. The summed E-state index contributed by atoms with van der Waals surface area (Å²) in [5.41, 5.74) is 1.82. The maximum absolute atomic E-state index is 14.5. The Bertz CT molecular complexity index is 2090. The fourth-order valence-electron chi connectivity index (χ4n) is 6.19. The minimum atomic E-state index is -1.37. The summed E-state index contributed by atoms with van der Waals surface area (Å²) in [5, 5.41) is 35.3. The van der Waals surface area contributed by atoms with E-state index in [1.807, 2.05) is 52.9 Å². The molecule has 13 heteroatoms. The molecule has 0 spiro atoms. The number of hydrogen-bond acceptors (Lipinski definition) is 9. The van der Waals surface area contributed by atoms with Gasteiger partial charge in [-0.25, -0.2) is 4.79 Å². The van der Waals surface area contributed by atoms with Crippen molar-refractivity contribution in [2.75, 3.05) is 26.8 Å². The van der Waals surface area contributed by atoms with Crippen molar-refractivity contribution in [2.24, 2.45) is 0 Å². The molecule has 2 heterocycles. The van der Waals surface area contributed by atoms with Gasteiger partial charge in [-0.2, -0.15) is 0 Å². The standard InChI is InChI=1S/C37H36IN3O9/c1-48-32-15-21(20-43)14-27(38)34(32)49-31-19-24(35(45)39-11-13-42)18-29(33(31)44)41(12-10-25-16-22-6-2-4-8-28(22)40-25)36(46)26-17-23-7-3-5-9-30(23)50-37(26)47/h2-9,14-17,19,29,31,33,40,42-44H,10-13,18,20H2,1H3,(H,39,45). The molecule has 260 valence electrons. The van der Waals surface area contributed by atoms with E-state index >= 15 is 0 Å². The number of fused-ring (bicyclic) bond motifs is 2. The summed E-state index contributed by atoms with van der Waals surface area (Å²) < 4.78 is 18.0. The second-order valence-electron chi connectivity index (χ2n) is 11.9. The van der Waals surface area contributed by atoms with Gasteiger partial charge in [0.05, 0.1) is 29.9 Å². The van der Waals surface area contributed by atoms with E-state index < -0.39 is 35.7 Å². The number of aliphatic hydroxyl groups excluding tert-OH is 3. The van der Waals surface area contributed by atoms with Crippen LogP contribution in [0.2, 0.25) is 0 Å². The Morgan fingerprint density at radius 2 is 1.82 bits per heavy atom. The van der Waals surface area contributed by atoms with Crippen molar-refractivity contribution in [1.29, 1.82) is 0 Å². The van der Waals surface area contributed by atoms with Crippen LogP contribution < -0.4 is 20.4 Å². The first-order chi connectivity index (χ1) is 24.2. The highest BCUT2D eigenvalue weighted by molar-refractivity contribution is 14.1. The third kappa shape index (κ3) is 7.40. The number of amides is 2. The van der Waals surface area contributed by atoms with Gasteiger partial charge in [0.25, 0.3) is 5.91 Å². The molecule has 12 nitrogen and oxygen atoms in total. The molecule has 0 bridgehead atoms. The molecule has 3 unspecified atom stereocenters. The molecule has 5 N–H and O–H groups in total. The van der Waals surface area contributed by atoms with Crippen LogP contribution in [0, 0.1) is 3.57 Å². The van der Waals surface area contributed by atoms with E-state index in [0.717, 1.165) is 16.6 Å². The van der Waals surface area contributed by atoms with Gasteiger partial charge in [0.1, 0.15) is 23.4 Å². The van der Waals surface area contributed by atoms with Crippen molar-refractivity contribution in [3.8, 4) is 11.5 Å². The number of aromatic amines is 1. The second-order valence-corrected chi connectivity index (χ2v) is 13.1. The predicted molar refractivity (Wildman–Crippen MR) is 194 cm³/mol. The van der Waals surface area contributed by atoms with Gasteiger partial charge in [-0.05, 0) is 76.0 Å². The molecule has 2 aromatic heterocycles. The van der Waals surface area contributed by atoms with E-state index in [9.17, 15) is 29.7 Å². The number of para-hydroxylation sites is 2. The molecule has 1 aliphatic carbocycles. The first kappa shape index (κ1) is 35.1. The largest absolute Gasteiger partial charge is 0.493 e. The van der Waals surface area contributed by atoms with Crippen molar-refractivity contribution in [1.82, 2.24) is 15.2 Å². The molecule has 3 aromatic carbocycles. The quantitative estimate of drug-likeness (QED) is 0.0933. The first-order valence-corrected chi connectivity index (χ1v) is 17.1. The summed E-state index contributed by atoms with van der Waals surface area (Å²) in [6.45, 7) is -0.467. The summed E-state index contributed by atoms with van der Waals surface area (Å²) in [7, 11) is 1.45. The normalized spacial score (nSPS) is 17.4. The zero-order chi connectivity index (χ0) is 35.4. The number of ether oxygens (including phenoxy) is 2. The number of H-pyrrole nitrogens is 1. The number of methoxy groups -OCH3 is 1. The lowest BCUT2D eigenvalue weighted by molar-refractivity contribution is -0.118. The number of carbonyl (C=O) groups is 2. The number of carbonyl (C=O) groups excluding carboxylic acids is 2. The number of aliphatic hydroxyl groups is 3. The van der Waals surface area contributed by atoms with Crippen LogP contribution in [0.1, 0.15) is 28.0 Å². The second kappa shape index (κ2) is 15.5. The molecule has 0 radical (unpaired) electrons. The Morgan fingerprint density at radius 1 is 1.06 bits per heavy atom. The van der Waals surface area contributed by atoms with Gasteiger partial charge in [-0.3, -0.25) is 9.59 Å². The molecule has 2 amide bonds. The van der Waals surface area contributed by atoms with Gasteiger partial charge < -0.3 is 44.4 Å². The van der Waals surface area contributed by atoms with E-state index in [2.05, 4.69) is 10.3 Å². The molecule has 6 rings (SSSR count). The van der Waals surface area contributed by atoms with Crippen molar-refractivity contribution in [2.45, 2.75) is 37.7 Å². The maximum Gasteiger partial charge on any atom is 0.349 e. The SMILES string of the molecule is COc1cc(CO)cc(I)c1OC1C=C(C(=O)NCCO)CC(N(CCc2cc3ccccc3[nH]2)C(=O)c2cc3ccccc3oc2=O)C1O. The van der Waals surface area contributed by atoms with Gasteiger partial charge in [-0.15, -0.1) is 0 Å². The Balaban J connectivity index is 1.41. The average Bonchev–Trinajstić information content (AvgIpc) is 3.55. The molecule has 3 atom stereocenters. The lowest BCUT2D eigenvalue weighted by atomic mass is 9.87. The van der Waals surface area contributed by atoms with Crippen LogP contribution in [-0.4, -0.2) is 82.1 Å². The summed E-state index contributed by atoms with van der Waals surface area (Å²) in [4.78, 5) is 45.9. The van der Waals surface area contributed by atoms with Crippen LogP contribution in [0.15, 0.2) is 93.7 Å². The molecule has 1 aliphatic rings. The Kier molecular flexibility index (Phi) is 10.9. The van der Waals surface area contributed by atoms with Crippen LogP contribution in [0.3, 0.4) is 0 Å². The highest BCUT2D eigenvalue weighted by Gasteiger charge is 2.41. The number of hydrogen-bond donors (Lipinski definition) is 5. The molecule has 0 saturated heterocycles. The number of benzene rings is 3. The van der Waals surface area contributed by atoms with Gasteiger partial charge >= 0.3 is 5.63 Å². The van der Waals surface area contributed by atoms with Crippen molar-refractivity contribution in [3.05, 3.63) is 115 Å². The highest BCUT2D eigenvalue weighted by atomic mass is 127. The van der Waals surface area contributed by atoms with Crippen molar-refractivity contribution in [3.63, 3.8) is 0 Å². The number of aromatic nitrogens is 1. The molecular weight excluding hydrogens is 757 g/mol. The lowest BCUT2D eigenvalue weighted by Gasteiger charge is -2.40. The Hall–Kier alpha value is -4.70. The van der Waals surface area contributed by atoms with E-state index in [-0.39, 0.29) is 49.6 Å². The average molecular weight is 794 g/mol. The van der Waals surface area contributed by atoms with Crippen LogP contribution in [0.25, 0.3) is 21.9 Å². The monoisotopic (exact) mass is 793 g/mol. The first-order valence-electron chi connectivity index (χ1n) is 16.0. The fourth-order valence-corrected chi connectivity index (χ4v) is 6.98.